The van der Waals surface area contributed by atoms with Gasteiger partial charge in [0.15, 0.2) is 5.82 Å². The van der Waals surface area contributed by atoms with E-state index in [9.17, 15) is 22.0 Å². The summed E-state index contributed by atoms with van der Waals surface area (Å²) in [6.07, 6.45) is -0.595. The van der Waals surface area contributed by atoms with E-state index in [0.717, 1.165) is 0 Å². The average molecular weight is 313 g/mol. The van der Waals surface area contributed by atoms with Crippen LogP contribution in [0.1, 0.15) is 10.4 Å². The third kappa shape index (κ3) is 2.85. The minimum Gasteiger partial charge on any atom is -0.454 e. The molecule has 0 N–H and O–H groups in total. The molecule has 0 aromatic heterocycles. The molecule has 1 aromatic rings. The molecule has 1 heterocycles. The molecule has 0 amide bonds. The zero-order valence-corrected chi connectivity index (χ0v) is 10.8. The van der Waals surface area contributed by atoms with Crippen molar-refractivity contribution in [2.24, 2.45) is 0 Å². The van der Waals surface area contributed by atoms with Crippen molar-refractivity contribution in [3.8, 4) is 0 Å². The van der Waals surface area contributed by atoms with E-state index in [1.165, 1.54) is 0 Å². The number of halogens is 3. The highest BCUT2D eigenvalue weighted by Crippen LogP contribution is 2.25. The molecular weight excluding hydrogens is 306 g/mol. The average Bonchev–Trinajstić information content (AvgIpc) is 2.21. The molecule has 0 aliphatic carbocycles. The number of benzene rings is 1. The van der Waals surface area contributed by atoms with Crippen LogP contribution in [0.2, 0.25) is 0 Å². The minimum absolute atomic E-state index is 0.127. The van der Waals surface area contributed by atoms with Gasteiger partial charge in [0.1, 0.15) is 22.4 Å². The molecule has 0 bridgehead atoms. The molecule has 0 unspecified atom stereocenters. The maximum Gasteiger partial charge on any atom is 0.344 e. The lowest BCUT2D eigenvalue weighted by Gasteiger charge is -2.25. The second-order valence-corrected chi connectivity index (χ2v) is 6.27. The molecule has 0 atom stereocenters. The lowest BCUT2D eigenvalue weighted by molar-refractivity contribution is -0.103. The van der Waals surface area contributed by atoms with Gasteiger partial charge in [0, 0.05) is 10.7 Å². The molecule has 1 aliphatic rings. The largest absolute Gasteiger partial charge is 0.454 e. The van der Waals surface area contributed by atoms with Gasteiger partial charge in [-0.15, -0.1) is 0 Å². The highest BCUT2D eigenvalue weighted by atomic mass is 35.7. The number of hydrogen-bond acceptors (Lipinski definition) is 5. The lowest BCUT2D eigenvalue weighted by atomic mass is 10.2. The first-order chi connectivity index (χ1) is 8.80. The molecule has 0 saturated carbocycles. The van der Waals surface area contributed by atoms with Gasteiger partial charge >= 0.3 is 5.97 Å². The lowest BCUT2D eigenvalue weighted by Crippen LogP contribution is -2.38. The molecule has 1 saturated heterocycles. The Labute approximate surface area is 111 Å². The molecule has 1 aromatic carbocycles. The first-order valence-electron chi connectivity index (χ1n) is 5.02. The maximum atomic E-state index is 13.8. The van der Waals surface area contributed by atoms with Gasteiger partial charge < -0.3 is 9.47 Å². The Bertz CT molecular complexity index is 627. The smallest absolute Gasteiger partial charge is 0.344 e. The molecule has 1 fully saturated rings. The van der Waals surface area contributed by atoms with Gasteiger partial charge in [0.2, 0.25) is 0 Å². The van der Waals surface area contributed by atoms with Gasteiger partial charge in [-0.3, -0.25) is 0 Å². The molecule has 19 heavy (non-hydrogen) atoms. The summed E-state index contributed by atoms with van der Waals surface area (Å²) < 4.78 is 58.8. The van der Waals surface area contributed by atoms with Crippen molar-refractivity contribution in [3.63, 3.8) is 0 Å². The third-order valence-corrected chi connectivity index (χ3v) is 3.74. The minimum atomic E-state index is -4.43. The predicted molar refractivity (Wildman–Crippen MR) is 59.4 cm³/mol. The Morgan fingerprint density at radius 3 is 2.47 bits per heavy atom. The molecule has 0 spiro atoms. The van der Waals surface area contributed by atoms with Crippen molar-refractivity contribution >= 4 is 25.7 Å². The number of carbonyl (C=O) groups is 1. The van der Waals surface area contributed by atoms with E-state index in [4.69, 9.17) is 20.2 Å². The van der Waals surface area contributed by atoms with Crippen LogP contribution in [0.4, 0.5) is 8.78 Å². The van der Waals surface area contributed by atoms with E-state index in [2.05, 4.69) is 0 Å². The standard InChI is InChI=1S/C10H7ClF2O5S/c11-19(15,16)7-2-1-6(12)8(9(7)13)10(14)18-5-3-17-4-5/h1-2,5H,3-4H2. The summed E-state index contributed by atoms with van der Waals surface area (Å²) in [7, 11) is 0.546. The second kappa shape index (κ2) is 5.03. The quantitative estimate of drug-likeness (QED) is 0.624. The van der Waals surface area contributed by atoms with Crippen LogP contribution in [0.25, 0.3) is 0 Å². The summed E-state index contributed by atoms with van der Waals surface area (Å²) in [4.78, 5) is 10.6. The van der Waals surface area contributed by atoms with Crippen LogP contribution >= 0.6 is 10.7 Å². The summed E-state index contributed by atoms with van der Waals surface area (Å²) in [6, 6.07) is 1.27. The van der Waals surface area contributed by atoms with Crippen LogP contribution in [-0.2, 0) is 18.5 Å². The van der Waals surface area contributed by atoms with Crippen LogP contribution in [0, 0.1) is 11.6 Å². The fourth-order valence-corrected chi connectivity index (χ4v) is 2.31. The Hall–Kier alpha value is -1.25. The summed E-state index contributed by atoms with van der Waals surface area (Å²) in [5.41, 5.74) is -1.09. The van der Waals surface area contributed by atoms with E-state index < -0.39 is 43.2 Å². The molecule has 9 heteroatoms. The van der Waals surface area contributed by atoms with Crippen molar-refractivity contribution in [2.45, 2.75) is 11.0 Å². The van der Waals surface area contributed by atoms with Crippen molar-refractivity contribution < 1.29 is 31.5 Å². The molecular formula is C10H7ClF2O5S. The topological polar surface area (TPSA) is 69.7 Å². The Morgan fingerprint density at radius 1 is 1.37 bits per heavy atom. The van der Waals surface area contributed by atoms with Gasteiger partial charge in [0.25, 0.3) is 9.05 Å². The van der Waals surface area contributed by atoms with Crippen LogP contribution in [0.15, 0.2) is 17.0 Å². The van der Waals surface area contributed by atoms with E-state index >= 15 is 0 Å². The van der Waals surface area contributed by atoms with Crippen LogP contribution in [-0.4, -0.2) is 33.7 Å². The summed E-state index contributed by atoms with van der Waals surface area (Å²) in [5.74, 6) is -4.10. The molecule has 104 valence electrons. The SMILES string of the molecule is O=C(OC1COC1)c1c(F)ccc(S(=O)(=O)Cl)c1F. The maximum absolute atomic E-state index is 13.8. The highest BCUT2D eigenvalue weighted by Gasteiger charge is 2.30. The van der Waals surface area contributed by atoms with Crippen molar-refractivity contribution in [1.82, 2.24) is 0 Å². The zero-order valence-electron chi connectivity index (χ0n) is 9.23. The van der Waals surface area contributed by atoms with Gasteiger partial charge in [-0.25, -0.2) is 22.0 Å². The zero-order chi connectivity index (χ0) is 14.2. The van der Waals surface area contributed by atoms with E-state index in [0.29, 0.717) is 12.1 Å². The van der Waals surface area contributed by atoms with Crippen LogP contribution < -0.4 is 0 Å². The van der Waals surface area contributed by atoms with E-state index in [1.54, 1.807) is 0 Å². The Balaban J connectivity index is 2.41. The molecule has 0 radical (unpaired) electrons. The molecule has 2 rings (SSSR count). The second-order valence-electron chi connectivity index (χ2n) is 3.74. The van der Waals surface area contributed by atoms with Crippen molar-refractivity contribution in [1.29, 1.82) is 0 Å². The number of hydrogen-bond donors (Lipinski definition) is 0. The summed E-state index contributed by atoms with van der Waals surface area (Å²) in [5, 5.41) is 0. The summed E-state index contributed by atoms with van der Waals surface area (Å²) in [6.45, 7) is 0.255. The predicted octanol–water partition coefficient (Wildman–Crippen LogP) is 1.45. The number of carbonyl (C=O) groups excluding carboxylic acids is 1. The molecule has 5 nitrogen and oxygen atoms in total. The summed E-state index contributed by atoms with van der Waals surface area (Å²) >= 11 is 0. The fraction of sp³-hybridized carbons (Fsp3) is 0.300. The van der Waals surface area contributed by atoms with Gasteiger partial charge in [-0.2, -0.15) is 0 Å². The molecule has 1 aliphatic heterocycles. The normalized spacial score (nSPS) is 15.9. The first kappa shape index (κ1) is 14.2. The number of rotatable bonds is 3. The van der Waals surface area contributed by atoms with Crippen molar-refractivity contribution in [2.75, 3.05) is 13.2 Å². The van der Waals surface area contributed by atoms with Crippen LogP contribution in [0.3, 0.4) is 0 Å². The number of esters is 1. The van der Waals surface area contributed by atoms with Crippen molar-refractivity contribution in [3.05, 3.63) is 29.3 Å². The Kier molecular flexibility index (Phi) is 3.75. The monoisotopic (exact) mass is 312 g/mol. The fourth-order valence-electron chi connectivity index (χ4n) is 1.40. The number of ether oxygens (including phenoxy) is 2. The Morgan fingerprint density at radius 2 is 2.00 bits per heavy atom. The third-order valence-electron chi connectivity index (χ3n) is 2.40. The van der Waals surface area contributed by atoms with E-state index in [1.807, 2.05) is 0 Å². The van der Waals surface area contributed by atoms with Gasteiger partial charge in [0.05, 0.1) is 13.2 Å². The van der Waals surface area contributed by atoms with E-state index in [-0.39, 0.29) is 13.2 Å². The van der Waals surface area contributed by atoms with Crippen LogP contribution in [0.5, 0.6) is 0 Å². The van der Waals surface area contributed by atoms with Gasteiger partial charge in [-0.1, -0.05) is 0 Å². The van der Waals surface area contributed by atoms with Gasteiger partial charge in [-0.05, 0) is 12.1 Å². The first-order valence-corrected chi connectivity index (χ1v) is 7.33. The highest BCUT2D eigenvalue weighted by molar-refractivity contribution is 8.13.